The number of hydrazone groups is 1. The van der Waals surface area contributed by atoms with Crippen molar-refractivity contribution in [2.24, 2.45) is 5.10 Å². The van der Waals surface area contributed by atoms with Gasteiger partial charge in [-0.05, 0) is 29.8 Å². The highest BCUT2D eigenvalue weighted by molar-refractivity contribution is 7.19. The van der Waals surface area contributed by atoms with Crippen molar-refractivity contribution in [1.29, 1.82) is 0 Å². The summed E-state index contributed by atoms with van der Waals surface area (Å²) in [6.07, 6.45) is -3.22. The molecule has 0 saturated heterocycles. The van der Waals surface area contributed by atoms with Crippen LogP contribution in [0.1, 0.15) is 11.3 Å². The molecule has 4 nitrogen and oxygen atoms in total. The summed E-state index contributed by atoms with van der Waals surface area (Å²) in [5.41, 5.74) is 2.34. The molecule has 0 saturated carbocycles. The molecule has 0 atom stereocenters. The quantitative estimate of drug-likeness (QED) is 0.356. The van der Waals surface area contributed by atoms with Gasteiger partial charge in [0, 0.05) is 5.56 Å². The van der Waals surface area contributed by atoms with Crippen LogP contribution in [-0.2, 0) is 6.18 Å². The van der Waals surface area contributed by atoms with Gasteiger partial charge < -0.3 is 4.74 Å². The Bertz CT molecular complexity index is 952. The SMILES string of the molecule is COc1ccccc1/C=N/Nc1nc(C(F)(F)F)c(-c2ccc(F)cc2)s1. The van der Waals surface area contributed by atoms with E-state index in [0.717, 1.165) is 23.5 Å². The maximum atomic E-state index is 13.3. The molecule has 0 amide bonds. The van der Waals surface area contributed by atoms with Gasteiger partial charge in [-0.1, -0.05) is 35.6 Å². The van der Waals surface area contributed by atoms with Gasteiger partial charge in [0.2, 0.25) is 5.13 Å². The standard InChI is InChI=1S/C18H13F4N3OS/c1-26-14-5-3-2-4-12(14)10-23-25-17-24-16(18(20,21)22)15(27-17)11-6-8-13(19)9-7-11/h2-10H,1H3,(H,24,25)/b23-10+. The first-order chi connectivity index (χ1) is 12.9. The van der Waals surface area contributed by atoms with Crippen LogP contribution in [0, 0.1) is 5.82 Å². The van der Waals surface area contributed by atoms with Crippen molar-refractivity contribution in [3.63, 3.8) is 0 Å². The monoisotopic (exact) mass is 395 g/mol. The van der Waals surface area contributed by atoms with Crippen LogP contribution in [-0.4, -0.2) is 18.3 Å². The van der Waals surface area contributed by atoms with Gasteiger partial charge in [0.25, 0.3) is 0 Å². The Morgan fingerprint density at radius 2 is 1.81 bits per heavy atom. The Hall–Kier alpha value is -2.94. The average molecular weight is 395 g/mol. The number of ether oxygens (including phenoxy) is 1. The first-order valence-corrected chi connectivity index (χ1v) is 8.46. The zero-order valence-electron chi connectivity index (χ0n) is 13.9. The van der Waals surface area contributed by atoms with E-state index in [1.54, 1.807) is 24.3 Å². The summed E-state index contributed by atoms with van der Waals surface area (Å²) in [6, 6.07) is 11.8. The first kappa shape index (κ1) is 18.8. The number of nitrogens with one attached hydrogen (secondary N) is 1. The van der Waals surface area contributed by atoms with Gasteiger partial charge in [-0.2, -0.15) is 18.3 Å². The van der Waals surface area contributed by atoms with E-state index >= 15 is 0 Å². The summed E-state index contributed by atoms with van der Waals surface area (Å²) in [5.74, 6) is 0.0433. The number of para-hydroxylation sites is 1. The van der Waals surface area contributed by atoms with Crippen molar-refractivity contribution >= 4 is 22.7 Å². The summed E-state index contributed by atoms with van der Waals surface area (Å²) < 4.78 is 58.1. The Kier molecular flexibility index (Phi) is 5.41. The minimum absolute atomic E-state index is 0.0344. The Balaban J connectivity index is 1.88. The van der Waals surface area contributed by atoms with E-state index in [-0.39, 0.29) is 15.6 Å². The van der Waals surface area contributed by atoms with Gasteiger partial charge in [-0.3, -0.25) is 5.43 Å². The minimum atomic E-state index is -4.65. The van der Waals surface area contributed by atoms with Crippen molar-refractivity contribution in [3.05, 3.63) is 65.6 Å². The molecule has 1 heterocycles. The van der Waals surface area contributed by atoms with E-state index in [1.165, 1.54) is 25.5 Å². The van der Waals surface area contributed by atoms with E-state index < -0.39 is 17.7 Å². The van der Waals surface area contributed by atoms with Crippen LogP contribution in [0.3, 0.4) is 0 Å². The fraction of sp³-hybridized carbons (Fsp3) is 0.111. The minimum Gasteiger partial charge on any atom is -0.496 e. The number of anilines is 1. The molecular weight excluding hydrogens is 382 g/mol. The Morgan fingerprint density at radius 1 is 1.11 bits per heavy atom. The van der Waals surface area contributed by atoms with Crippen molar-refractivity contribution in [1.82, 2.24) is 4.98 Å². The third kappa shape index (κ3) is 4.43. The largest absolute Gasteiger partial charge is 0.496 e. The Labute approximate surface area is 156 Å². The van der Waals surface area contributed by atoms with Crippen LogP contribution in [0.15, 0.2) is 53.6 Å². The number of aromatic nitrogens is 1. The van der Waals surface area contributed by atoms with E-state index in [2.05, 4.69) is 15.5 Å². The molecule has 0 spiro atoms. The van der Waals surface area contributed by atoms with Gasteiger partial charge >= 0.3 is 6.18 Å². The molecule has 1 N–H and O–H groups in total. The second-order valence-electron chi connectivity index (χ2n) is 5.31. The summed E-state index contributed by atoms with van der Waals surface area (Å²) in [6.45, 7) is 0. The predicted molar refractivity (Wildman–Crippen MR) is 96.7 cm³/mol. The van der Waals surface area contributed by atoms with Gasteiger partial charge in [0.05, 0.1) is 18.2 Å². The number of rotatable bonds is 5. The summed E-state index contributed by atoms with van der Waals surface area (Å²) in [5, 5.41) is 3.90. The van der Waals surface area contributed by atoms with Crippen LogP contribution in [0.4, 0.5) is 22.7 Å². The number of hydrogen-bond donors (Lipinski definition) is 1. The fourth-order valence-corrected chi connectivity index (χ4v) is 3.23. The third-order valence-electron chi connectivity index (χ3n) is 3.50. The molecule has 9 heteroatoms. The molecule has 0 bridgehead atoms. The number of benzene rings is 2. The van der Waals surface area contributed by atoms with Gasteiger partial charge in [0.15, 0.2) is 5.69 Å². The Morgan fingerprint density at radius 3 is 2.48 bits per heavy atom. The fourth-order valence-electron chi connectivity index (χ4n) is 2.29. The van der Waals surface area contributed by atoms with Gasteiger partial charge in [-0.25, -0.2) is 9.37 Å². The van der Waals surface area contributed by atoms with E-state index in [4.69, 9.17) is 4.74 Å². The van der Waals surface area contributed by atoms with Gasteiger partial charge in [-0.15, -0.1) is 0 Å². The second kappa shape index (κ2) is 7.75. The summed E-state index contributed by atoms with van der Waals surface area (Å²) >= 11 is 0.781. The van der Waals surface area contributed by atoms with Crippen LogP contribution in [0.5, 0.6) is 5.75 Å². The molecule has 3 rings (SSSR count). The normalized spacial score (nSPS) is 11.7. The molecule has 140 valence electrons. The number of nitrogens with zero attached hydrogens (tertiary/aromatic N) is 2. The van der Waals surface area contributed by atoms with Gasteiger partial charge in [0.1, 0.15) is 11.6 Å². The molecule has 0 radical (unpaired) electrons. The maximum Gasteiger partial charge on any atom is 0.434 e. The molecule has 0 fully saturated rings. The summed E-state index contributed by atoms with van der Waals surface area (Å²) in [4.78, 5) is 3.48. The number of methoxy groups -OCH3 is 1. The highest BCUT2D eigenvalue weighted by Crippen LogP contribution is 2.41. The second-order valence-corrected chi connectivity index (χ2v) is 6.31. The third-order valence-corrected chi connectivity index (χ3v) is 4.51. The zero-order chi connectivity index (χ0) is 19.4. The lowest BCUT2D eigenvalue weighted by atomic mass is 10.1. The van der Waals surface area contributed by atoms with Crippen LogP contribution < -0.4 is 10.2 Å². The lowest BCUT2D eigenvalue weighted by molar-refractivity contribution is -0.140. The maximum absolute atomic E-state index is 13.3. The average Bonchev–Trinajstić information content (AvgIpc) is 3.07. The van der Waals surface area contributed by atoms with E-state index in [1.807, 2.05) is 0 Å². The summed E-state index contributed by atoms with van der Waals surface area (Å²) in [7, 11) is 1.51. The number of alkyl halides is 3. The molecule has 3 aromatic rings. The molecule has 0 aliphatic rings. The van der Waals surface area contributed by atoms with Crippen LogP contribution in [0.2, 0.25) is 0 Å². The van der Waals surface area contributed by atoms with E-state index in [9.17, 15) is 17.6 Å². The predicted octanol–water partition coefficient (Wildman–Crippen LogP) is 5.42. The lowest BCUT2D eigenvalue weighted by Gasteiger charge is -2.05. The highest BCUT2D eigenvalue weighted by Gasteiger charge is 2.38. The molecular formula is C18H13F4N3OS. The first-order valence-electron chi connectivity index (χ1n) is 7.64. The lowest BCUT2D eigenvalue weighted by Crippen LogP contribution is -2.07. The van der Waals surface area contributed by atoms with Crippen molar-refractivity contribution in [3.8, 4) is 16.2 Å². The van der Waals surface area contributed by atoms with E-state index in [0.29, 0.717) is 11.3 Å². The molecule has 0 unspecified atom stereocenters. The molecule has 0 aliphatic carbocycles. The topological polar surface area (TPSA) is 46.5 Å². The molecule has 0 aliphatic heterocycles. The number of thiazole rings is 1. The van der Waals surface area contributed by atoms with Crippen molar-refractivity contribution in [2.75, 3.05) is 12.5 Å². The van der Waals surface area contributed by atoms with Crippen LogP contribution >= 0.6 is 11.3 Å². The molecule has 2 aromatic carbocycles. The zero-order valence-corrected chi connectivity index (χ0v) is 14.7. The molecule has 27 heavy (non-hydrogen) atoms. The van der Waals surface area contributed by atoms with Crippen LogP contribution in [0.25, 0.3) is 10.4 Å². The number of halogens is 4. The highest BCUT2D eigenvalue weighted by atomic mass is 32.1. The smallest absolute Gasteiger partial charge is 0.434 e. The number of hydrogen-bond acceptors (Lipinski definition) is 5. The van der Waals surface area contributed by atoms with Crippen molar-refractivity contribution < 1.29 is 22.3 Å². The van der Waals surface area contributed by atoms with Crippen molar-refractivity contribution in [2.45, 2.75) is 6.18 Å². The molecule has 1 aromatic heterocycles.